The van der Waals surface area contributed by atoms with Gasteiger partial charge in [-0.1, -0.05) is 18.2 Å². The van der Waals surface area contributed by atoms with E-state index in [9.17, 15) is 0 Å². The molecule has 5 nitrogen and oxygen atoms in total. The van der Waals surface area contributed by atoms with Crippen molar-refractivity contribution in [3.05, 3.63) is 102 Å². The smallest absolute Gasteiger partial charge is 0.115 e. The Kier molecular flexibility index (Phi) is 6.56. The van der Waals surface area contributed by atoms with Gasteiger partial charge in [-0.3, -0.25) is 0 Å². The van der Waals surface area contributed by atoms with Crippen LogP contribution in [0.2, 0.25) is 0 Å². The van der Waals surface area contributed by atoms with Crippen LogP contribution in [0.1, 0.15) is 22.8 Å². The van der Waals surface area contributed by atoms with E-state index in [1.165, 1.54) is 0 Å². The predicted molar refractivity (Wildman–Crippen MR) is 133 cm³/mol. The third-order valence-corrected chi connectivity index (χ3v) is 4.80. The van der Waals surface area contributed by atoms with Crippen molar-refractivity contribution < 1.29 is 5.11 Å². The van der Waals surface area contributed by atoms with Crippen molar-refractivity contribution in [3.8, 4) is 5.75 Å². The number of aromatic hydroxyl groups is 1. The van der Waals surface area contributed by atoms with Crippen molar-refractivity contribution >= 4 is 70.3 Å². The van der Waals surface area contributed by atoms with Crippen molar-refractivity contribution in [1.82, 2.24) is 19.9 Å². The van der Waals surface area contributed by atoms with E-state index in [-0.39, 0.29) is 23.9 Å². The monoisotopic (exact) mass is 524 g/mol. The van der Waals surface area contributed by atoms with Gasteiger partial charge >= 0.3 is 0 Å². The zero-order chi connectivity index (χ0) is 21.0. The van der Waals surface area contributed by atoms with Crippen LogP contribution in [0.25, 0.3) is 46.4 Å². The van der Waals surface area contributed by atoms with Gasteiger partial charge in [0.25, 0.3) is 0 Å². The van der Waals surface area contributed by atoms with E-state index in [4.69, 9.17) is 5.11 Å². The molecule has 0 saturated carbocycles. The topological polar surface area (TPSA) is 77.6 Å². The molecule has 32 heavy (non-hydrogen) atoms. The summed E-state index contributed by atoms with van der Waals surface area (Å²) in [6.45, 7) is 0. The third-order valence-electron chi connectivity index (χ3n) is 4.80. The number of aromatic amines is 2. The minimum absolute atomic E-state index is 0. The number of rotatable bonds is 0. The Bertz CT molecular complexity index is 1360. The first-order chi connectivity index (χ1) is 15.2. The summed E-state index contributed by atoms with van der Waals surface area (Å²) >= 11 is 0. The van der Waals surface area contributed by atoms with Gasteiger partial charge in [0.05, 0.1) is 22.8 Å². The first kappa shape index (κ1) is 21.6. The second kappa shape index (κ2) is 9.70. The van der Waals surface area contributed by atoms with E-state index in [1.807, 2.05) is 48.6 Å². The molecule has 1 aromatic carbocycles. The van der Waals surface area contributed by atoms with Gasteiger partial charge in [-0.05, 0) is 85.0 Å². The molecule has 3 aromatic heterocycles. The van der Waals surface area contributed by atoms with E-state index in [0.717, 1.165) is 44.8 Å². The zero-order valence-electron chi connectivity index (χ0n) is 17.2. The molecule has 0 saturated heterocycles. The van der Waals surface area contributed by atoms with Gasteiger partial charge in [0.1, 0.15) is 5.75 Å². The fraction of sp³-hybridized carbons (Fsp3) is 0. The normalized spacial score (nSPS) is 11.4. The van der Waals surface area contributed by atoms with Crippen molar-refractivity contribution in [2.24, 2.45) is 0 Å². The average Bonchev–Trinajstić information content (AvgIpc) is 3.55. The summed E-state index contributed by atoms with van der Waals surface area (Å²) in [6.07, 6.45) is 8.05. The van der Waals surface area contributed by atoms with E-state index in [1.54, 1.807) is 24.3 Å². The van der Waals surface area contributed by atoms with Crippen LogP contribution in [-0.2, 0) is 0 Å². The van der Waals surface area contributed by atoms with Crippen LogP contribution in [0.15, 0.2) is 78.9 Å². The summed E-state index contributed by atoms with van der Waals surface area (Å²) in [5.74, 6) is 0.322. The fourth-order valence-electron chi connectivity index (χ4n) is 3.37. The number of fused-ring (bicyclic) bond motifs is 8. The summed E-state index contributed by atoms with van der Waals surface area (Å²) in [4.78, 5) is 16.0. The molecule has 0 spiro atoms. The largest absolute Gasteiger partial charge is 0.508 e. The standard InChI is InChI=1S/C20H14N4.C6H6O.Sn/c1-2-14-10-16-5-6-18(23-16)12-20-8-7-19(24-20)11-17-4-3-15(22-17)9-13(1)21-14;7-6-4-2-1-3-5-6;/h1-12,21-22H;1-5,7H;. The maximum Gasteiger partial charge on any atom is 0.115 e. The minimum Gasteiger partial charge on any atom is -0.508 e. The summed E-state index contributed by atoms with van der Waals surface area (Å²) in [5.41, 5.74) is 7.86. The maximum atomic E-state index is 8.63. The molecule has 2 aliphatic rings. The van der Waals surface area contributed by atoms with E-state index in [2.05, 4.69) is 50.3 Å². The number of nitrogens with one attached hydrogen (secondary N) is 2. The Morgan fingerprint density at radius 2 is 0.906 bits per heavy atom. The molecule has 4 radical (unpaired) electrons. The molecule has 0 fully saturated rings. The number of para-hydroxylation sites is 1. The third kappa shape index (κ3) is 5.36. The SMILES string of the molecule is C1=Cc2cc3ccc(cc4ccc(cc5nc(cc1n2)C=C5)[nH]4)[nH]3.Oc1ccccc1.[Sn]. The molecule has 0 atom stereocenters. The van der Waals surface area contributed by atoms with Crippen molar-refractivity contribution in [2.75, 3.05) is 0 Å². The van der Waals surface area contributed by atoms with Gasteiger partial charge in [-0.15, -0.1) is 0 Å². The number of phenols is 1. The maximum absolute atomic E-state index is 8.63. The number of nitrogens with zero attached hydrogens (tertiary/aromatic N) is 2. The van der Waals surface area contributed by atoms with Crippen LogP contribution >= 0.6 is 0 Å². The Balaban J connectivity index is 0.000000265. The van der Waals surface area contributed by atoms with Crippen molar-refractivity contribution in [3.63, 3.8) is 0 Å². The molecule has 4 aromatic rings. The van der Waals surface area contributed by atoms with Gasteiger partial charge in [0.2, 0.25) is 0 Å². The average molecular weight is 523 g/mol. The van der Waals surface area contributed by atoms with E-state index in [0.29, 0.717) is 5.75 Å². The summed E-state index contributed by atoms with van der Waals surface area (Å²) in [5, 5.41) is 8.63. The molecule has 0 aliphatic carbocycles. The van der Waals surface area contributed by atoms with Gasteiger partial charge in [0, 0.05) is 46.0 Å². The predicted octanol–water partition coefficient (Wildman–Crippen LogP) is 5.67. The number of hydrogen-bond acceptors (Lipinski definition) is 3. The quantitative estimate of drug-likeness (QED) is 0.225. The second-order valence-electron chi connectivity index (χ2n) is 7.24. The Labute approximate surface area is 202 Å². The van der Waals surface area contributed by atoms with Gasteiger partial charge in [-0.2, -0.15) is 0 Å². The molecule has 2 aliphatic heterocycles. The fourth-order valence-corrected chi connectivity index (χ4v) is 3.37. The molecule has 0 unspecified atom stereocenters. The van der Waals surface area contributed by atoms with Crippen molar-refractivity contribution in [1.29, 1.82) is 0 Å². The molecule has 5 heterocycles. The van der Waals surface area contributed by atoms with E-state index >= 15 is 0 Å². The molecular weight excluding hydrogens is 503 g/mol. The molecule has 3 N–H and O–H groups in total. The summed E-state index contributed by atoms with van der Waals surface area (Å²) in [6, 6.07) is 25.1. The zero-order valence-corrected chi connectivity index (χ0v) is 20.0. The van der Waals surface area contributed by atoms with Gasteiger partial charge in [0.15, 0.2) is 0 Å². The number of phenolic OH excluding ortho intramolecular Hbond substituents is 1. The molecule has 0 amide bonds. The number of H-pyrrole nitrogens is 2. The second-order valence-corrected chi connectivity index (χ2v) is 7.24. The molecule has 8 bridgehead atoms. The van der Waals surface area contributed by atoms with E-state index < -0.39 is 0 Å². The van der Waals surface area contributed by atoms with Crippen LogP contribution in [0.5, 0.6) is 5.75 Å². The summed E-state index contributed by atoms with van der Waals surface area (Å²) in [7, 11) is 0. The van der Waals surface area contributed by atoms with Crippen LogP contribution in [-0.4, -0.2) is 49.0 Å². The first-order valence-electron chi connectivity index (χ1n) is 9.98. The summed E-state index contributed by atoms with van der Waals surface area (Å²) < 4.78 is 0. The molecule has 154 valence electrons. The van der Waals surface area contributed by atoms with Crippen LogP contribution in [0, 0.1) is 0 Å². The van der Waals surface area contributed by atoms with Gasteiger partial charge in [-0.25, -0.2) is 9.97 Å². The van der Waals surface area contributed by atoms with Gasteiger partial charge < -0.3 is 15.1 Å². The number of aromatic nitrogens is 4. The Morgan fingerprint density at radius 1 is 0.500 bits per heavy atom. The Morgan fingerprint density at radius 3 is 1.31 bits per heavy atom. The molecule has 6 rings (SSSR count). The number of benzene rings is 1. The van der Waals surface area contributed by atoms with Crippen LogP contribution in [0.3, 0.4) is 0 Å². The molecular formula is C26H20N4OSn. The van der Waals surface area contributed by atoms with Crippen molar-refractivity contribution in [2.45, 2.75) is 0 Å². The van der Waals surface area contributed by atoms with Crippen LogP contribution in [0.4, 0.5) is 0 Å². The minimum atomic E-state index is 0. The molecule has 6 heteroatoms. The Hall–Kier alpha value is -3.58. The van der Waals surface area contributed by atoms with Crippen LogP contribution < -0.4 is 0 Å². The first-order valence-corrected chi connectivity index (χ1v) is 9.98. The number of hydrogen-bond donors (Lipinski definition) is 3.